The van der Waals surface area contributed by atoms with Gasteiger partial charge in [0.15, 0.2) is 0 Å². The van der Waals surface area contributed by atoms with Gasteiger partial charge in [0.2, 0.25) is 0 Å². The number of hydrogen-bond donors (Lipinski definition) is 3. The van der Waals surface area contributed by atoms with Crippen molar-refractivity contribution in [1.29, 1.82) is 0 Å². The van der Waals surface area contributed by atoms with Gasteiger partial charge in [-0.1, -0.05) is 12.1 Å². The van der Waals surface area contributed by atoms with Gasteiger partial charge in [0.05, 0.1) is 0 Å². The fourth-order valence-electron chi connectivity index (χ4n) is 2.54. The first-order chi connectivity index (χ1) is 11.8. The number of hydrogen-bond acceptors (Lipinski definition) is 3. The molecule has 1 atom stereocenters. The largest absolute Gasteiger partial charge is 0.322 e. The minimum Gasteiger partial charge on any atom is -0.322 e. The maximum Gasteiger partial charge on any atom is 0.322 e. The Balaban J connectivity index is 1.86. The van der Waals surface area contributed by atoms with Crippen molar-refractivity contribution < 1.29 is 23.2 Å². The summed E-state index contributed by atoms with van der Waals surface area (Å²) in [4.78, 5) is 35.5. The second kappa shape index (κ2) is 5.97. The Morgan fingerprint density at radius 2 is 1.76 bits per heavy atom. The summed E-state index contributed by atoms with van der Waals surface area (Å²) in [7, 11) is 0. The molecule has 2 aromatic rings. The number of halogens is 2. The third-order valence-electron chi connectivity index (χ3n) is 3.87. The standard InChI is InChI=1S/C17H13F2N3O3/c1-17(15(24)21-16(25)22-17)10-3-2-4-13(7-10)20-14(23)9-5-11(18)8-12(19)6-9/h2-8H,1H3,(H,20,23)(H2,21,22,24,25). The molecule has 25 heavy (non-hydrogen) atoms. The molecule has 1 fully saturated rings. The van der Waals surface area contributed by atoms with Crippen molar-refractivity contribution in [2.24, 2.45) is 0 Å². The van der Waals surface area contributed by atoms with E-state index in [2.05, 4.69) is 16.0 Å². The summed E-state index contributed by atoms with van der Waals surface area (Å²) in [6.07, 6.45) is 0. The Bertz CT molecular complexity index is 880. The molecule has 8 heteroatoms. The molecule has 1 unspecified atom stereocenters. The predicted molar refractivity (Wildman–Crippen MR) is 84.8 cm³/mol. The van der Waals surface area contributed by atoms with E-state index in [1.165, 1.54) is 13.0 Å². The molecular formula is C17H13F2N3O3. The van der Waals surface area contributed by atoms with E-state index in [0.717, 1.165) is 12.1 Å². The van der Waals surface area contributed by atoms with Crippen molar-refractivity contribution in [3.63, 3.8) is 0 Å². The van der Waals surface area contributed by atoms with E-state index < -0.39 is 35.0 Å². The van der Waals surface area contributed by atoms with Crippen LogP contribution < -0.4 is 16.0 Å². The first kappa shape index (κ1) is 16.6. The molecule has 1 heterocycles. The summed E-state index contributed by atoms with van der Waals surface area (Å²) in [5.41, 5.74) is -0.703. The molecule has 1 aliphatic heterocycles. The minimum atomic E-state index is -1.28. The predicted octanol–water partition coefficient (Wildman–Crippen LogP) is 2.27. The molecule has 6 nitrogen and oxygen atoms in total. The average Bonchev–Trinajstić information content (AvgIpc) is 2.80. The highest BCUT2D eigenvalue weighted by molar-refractivity contribution is 6.07. The van der Waals surface area contributed by atoms with Crippen LogP contribution in [0.4, 0.5) is 19.3 Å². The van der Waals surface area contributed by atoms with Gasteiger partial charge < -0.3 is 10.6 Å². The summed E-state index contributed by atoms with van der Waals surface area (Å²) in [5.74, 6) is -2.96. The number of carbonyl (C=O) groups excluding carboxylic acids is 3. The molecule has 1 aliphatic rings. The molecular weight excluding hydrogens is 332 g/mol. The van der Waals surface area contributed by atoms with Gasteiger partial charge in [-0.2, -0.15) is 0 Å². The molecule has 0 aliphatic carbocycles. The molecule has 3 N–H and O–H groups in total. The van der Waals surface area contributed by atoms with Crippen LogP contribution in [0.2, 0.25) is 0 Å². The van der Waals surface area contributed by atoms with Crippen LogP contribution in [0, 0.1) is 11.6 Å². The van der Waals surface area contributed by atoms with Crippen LogP contribution in [-0.2, 0) is 10.3 Å². The Labute approximate surface area is 141 Å². The van der Waals surface area contributed by atoms with Crippen molar-refractivity contribution in [2.45, 2.75) is 12.5 Å². The average molecular weight is 345 g/mol. The van der Waals surface area contributed by atoms with E-state index in [1.807, 2.05) is 0 Å². The fraction of sp³-hybridized carbons (Fsp3) is 0.118. The van der Waals surface area contributed by atoms with Crippen LogP contribution in [0.5, 0.6) is 0 Å². The van der Waals surface area contributed by atoms with E-state index in [9.17, 15) is 23.2 Å². The Morgan fingerprint density at radius 1 is 1.08 bits per heavy atom. The molecule has 0 spiro atoms. The molecule has 0 aromatic heterocycles. The molecule has 2 aromatic carbocycles. The molecule has 0 saturated carbocycles. The van der Waals surface area contributed by atoms with E-state index in [1.54, 1.807) is 18.2 Å². The van der Waals surface area contributed by atoms with Gasteiger partial charge in [0, 0.05) is 17.3 Å². The van der Waals surface area contributed by atoms with Crippen LogP contribution in [0.3, 0.4) is 0 Å². The minimum absolute atomic E-state index is 0.180. The fourth-order valence-corrected chi connectivity index (χ4v) is 2.54. The topological polar surface area (TPSA) is 87.3 Å². The van der Waals surface area contributed by atoms with Crippen LogP contribution in [0.15, 0.2) is 42.5 Å². The molecule has 1 saturated heterocycles. The zero-order chi connectivity index (χ0) is 18.2. The third-order valence-corrected chi connectivity index (χ3v) is 3.87. The summed E-state index contributed by atoms with van der Waals surface area (Å²) in [6, 6.07) is 8.12. The molecule has 4 amide bonds. The quantitative estimate of drug-likeness (QED) is 0.746. The lowest BCUT2D eigenvalue weighted by molar-refractivity contribution is -0.123. The van der Waals surface area contributed by atoms with E-state index in [-0.39, 0.29) is 5.56 Å². The number of carbonyl (C=O) groups is 3. The number of amides is 4. The summed E-state index contributed by atoms with van der Waals surface area (Å²) >= 11 is 0. The highest BCUT2D eigenvalue weighted by Gasteiger charge is 2.43. The number of imide groups is 1. The molecule has 3 rings (SSSR count). The molecule has 0 bridgehead atoms. The lowest BCUT2D eigenvalue weighted by Crippen LogP contribution is -2.40. The first-order valence-electron chi connectivity index (χ1n) is 7.29. The second-order valence-corrected chi connectivity index (χ2v) is 5.73. The summed E-state index contributed by atoms with van der Waals surface area (Å²) < 4.78 is 26.4. The van der Waals surface area contributed by atoms with Crippen molar-refractivity contribution >= 4 is 23.5 Å². The maximum absolute atomic E-state index is 13.2. The normalized spacial score (nSPS) is 19.3. The van der Waals surface area contributed by atoms with Crippen LogP contribution in [0.25, 0.3) is 0 Å². The second-order valence-electron chi connectivity index (χ2n) is 5.73. The van der Waals surface area contributed by atoms with Gasteiger partial charge in [0.25, 0.3) is 11.8 Å². The number of rotatable bonds is 3. The van der Waals surface area contributed by atoms with Gasteiger partial charge in [-0.15, -0.1) is 0 Å². The Hall–Kier alpha value is -3.29. The monoisotopic (exact) mass is 345 g/mol. The van der Waals surface area contributed by atoms with Crippen molar-refractivity contribution in [2.75, 3.05) is 5.32 Å². The number of nitrogens with one attached hydrogen (secondary N) is 3. The van der Waals surface area contributed by atoms with E-state index >= 15 is 0 Å². The van der Waals surface area contributed by atoms with Crippen molar-refractivity contribution in [3.05, 3.63) is 65.2 Å². The van der Waals surface area contributed by atoms with Gasteiger partial charge in [-0.3, -0.25) is 14.9 Å². The molecule has 128 valence electrons. The third kappa shape index (κ3) is 3.18. The zero-order valence-corrected chi connectivity index (χ0v) is 13.0. The lowest BCUT2D eigenvalue weighted by atomic mass is 9.92. The van der Waals surface area contributed by atoms with Crippen molar-refractivity contribution in [3.8, 4) is 0 Å². The van der Waals surface area contributed by atoms with E-state index in [0.29, 0.717) is 17.3 Å². The number of urea groups is 1. The SMILES string of the molecule is CC1(c2cccc(NC(=O)c3cc(F)cc(F)c3)c2)NC(=O)NC1=O. The first-order valence-corrected chi connectivity index (χ1v) is 7.29. The smallest absolute Gasteiger partial charge is 0.322 e. The molecule has 0 radical (unpaired) electrons. The Morgan fingerprint density at radius 3 is 2.36 bits per heavy atom. The number of anilines is 1. The highest BCUT2D eigenvalue weighted by atomic mass is 19.1. The highest BCUT2D eigenvalue weighted by Crippen LogP contribution is 2.26. The van der Waals surface area contributed by atoms with E-state index in [4.69, 9.17) is 0 Å². The van der Waals surface area contributed by atoms with Gasteiger partial charge in [-0.05, 0) is 36.8 Å². The van der Waals surface area contributed by atoms with Gasteiger partial charge in [0.1, 0.15) is 17.2 Å². The van der Waals surface area contributed by atoms with Crippen LogP contribution in [0.1, 0.15) is 22.8 Å². The lowest BCUT2D eigenvalue weighted by Gasteiger charge is -2.21. The Kier molecular flexibility index (Phi) is 3.96. The summed E-state index contributed by atoms with van der Waals surface area (Å²) in [6.45, 7) is 1.52. The van der Waals surface area contributed by atoms with Gasteiger partial charge >= 0.3 is 6.03 Å². The summed E-state index contributed by atoms with van der Waals surface area (Å²) in [5, 5.41) is 7.16. The van der Waals surface area contributed by atoms with Crippen LogP contribution in [-0.4, -0.2) is 17.8 Å². The van der Waals surface area contributed by atoms with Crippen LogP contribution >= 0.6 is 0 Å². The van der Waals surface area contributed by atoms with Crippen molar-refractivity contribution in [1.82, 2.24) is 10.6 Å². The maximum atomic E-state index is 13.2. The number of benzene rings is 2. The van der Waals surface area contributed by atoms with Gasteiger partial charge in [-0.25, -0.2) is 13.6 Å². The zero-order valence-electron chi connectivity index (χ0n) is 13.0.